The number of aliphatic hydroxyl groups is 1. The zero-order chi connectivity index (χ0) is 23.5. The molecule has 0 heterocycles. The van der Waals surface area contributed by atoms with E-state index in [9.17, 15) is 15.2 Å². The fourth-order valence-corrected chi connectivity index (χ4v) is 4.03. The van der Waals surface area contributed by atoms with E-state index in [1.165, 1.54) is 13.4 Å². The van der Waals surface area contributed by atoms with Crippen LogP contribution in [-0.2, 0) is 19.4 Å². The number of nitriles is 1. The Morgan fingerprint density at radius 1 is 0.909 bits per heavy atom. The minimum absolute atomic E-state index is 0.168. The number of carbonyl (C=O) groups is 1. The normalized spacial score (nSPS) is 13.5. The van der Waals surface area contributed by atoms with Crippen molar-refractivity contribution in [1.29, 1.82) is 5.26 Å². The predicted molar refractivity (Wildman–Crippen MR) is 134 cm³/mol. The molecule has 0 aliphatic heterocycles. The van der Waals surface area contributed by atoms with Gasteiger partial charge in [0.05, 0.1) is 23.8 Å². The van der Waals surface area contributed by atoms with E-state index in [0.717, 1.165) is 17.5 Å². The number of hydrogen-bond donors (Lipinski definition) is 3. The van der Waals surface area contributed by atoms with E-state index in [4.69, 9.17) is 0 Å². The topological polar surface area (TPSA) is 85.2 Å². The second-order valence-corrected chi connectivity index (χ2v) is 8.31. The van der Waals surface area contributed by atoms with Crippen molar-refractivity contribution in [3.05, 3.63) is 107 Å². The molecule has 1 amide bonds. The molecule has 5 nitrogen and oxygen atoms in total. The van der Waals surface area contributed by atoms with Crippen LogP contribution in [-0.4, -0.2) is 36.9 Å². The first-order valence-corrected chi connectivity index (χ1v) is 11.3. The van der Waals surface area contributed by atoms with E-state index < -0.39 is 12.1 Å². The molecule has 0 aliphatic carbocycles. The molecule has 0 fully saturated rings. The lowest BCUT2D eigenvalue weighted by molar-refractivity contribution is 0.0862. The van der Waals surface area contributed by atoms with Crippen LogP contribution >= 0.6 is 0 Å². The van der Waals surface area contributed by atoms with Gasteiger partial charge in [0, 0.05) is 12.6 Å². The fraction of sp³-hybridized carbons (Fsp3) is 0.259. The number of benzene rings is 3. The van der Waals surface area contributed by atoms with Crippen molar-refractivity contribution in [1.82, 2.24) is 10.6 Å². The van der Waals surface area contributed by atoms with Gasteiger partial charge in [-0.25, -0.2) is 0 Å². The standard InChI is InChI=1S/C27H30BN3O2/c28-27(33)31-25(17-21-10-5-2-6-11-21)26(32)24(15-14-20-8-3-1-4-9-20)30-19-23-13-7-12-22(16-23)18-29/h1-13,16,24-26,30,32H,14-15,17,19,28H2,(H,31,33)/t24-,25-,26-/m1/s1. The van der Waals surface area contributed by atoms with E-state index >= 15 is 0 Å². The van der Waals surface area contributed by atoms with Crippen molar-refractivity contribution in [3.63, 3.8) is 0 Å². The van der Waals surface area contributed by atoms with Crippen molar-refractivity contribution >= 4 is 13.7 Å². The van der Waals surface area contributed by atoms with Gasteiger partial charge in [-0.2, -0.15) is 5.26 Å². The average molecular weight is 439 g/mol. The van der Waals surface area contributed by atoms with E-state index in [0.29, 0.717) is 24.9 Å². The zero-order valence-corrected chi connectivity index (χ0v) is 18.9. The Morgan fingerprint density at radius 2 is 1.55 bits per heavy atom. The van der Waals surface area contributed by atoms with Gasteiger partial charge in [-0.05, 0) is 48.1 Å². The van der Waals surface area contributed by atoms with E-state index in [1.807, 2.05) is 66.7 Å². The Kier molecular flexibility index (Phi) is 9.25. The van der Waals surface area contributed by atoms with Crippen LogP contribution in [0.25, 0.3) is 0 Å². The van der Waals surface area contributed by atoms with Crippen LogP contribution in [0.15, 0.2) is 84.9 Å². The Morgan fingerprint density at radius 3 is 2.18 bits per heavy atom. The summed E-state index contributed by atoms with van der Waals surface area (Å²) in [5.74, 6) is -0.168. The zero-order valence-electron chi connectivity index (χ0n) is 18.9. The molecule has 3 aromatic rings. The average Bonchev–Trinajstić information content (AvgIpc) is 2.84. The minimum Gasteiger partial charge on any atom is -0.389 e. The van der Waals surface area contributed by atoms with Gasteiger partial charge >= 0.3 is 0 Å². The summed E-state index contributed by atoms with van der Waals surface area (Å²) < 4.78 is 0. The minimum atomic E-state index is -0.794. The van der Waals surface area contributed by atoms with Gasteiger partial charge in [0.1, 0.15) is 0 Å². The van der Waals surface area contributed by atoms with Gasteiger partial charge in [0.15, 0.2) is 5.81 Å². The van der Waals surface area contributed by atoms with Gasteiger partial charge in [-0.3, -0.25) is 4.79 Å². The molecule has 0 saturated carbocycles. The van der Waals surface area contributed by atoms with Crippen LogP contribution in [0.2, 0.25) is 0 Å². The summed E-state index contributed by atoms with van der Waals surface area (Å²) >= 11 is 0. The molecule has 0 aliphatic rings. The lowest BCUT2D eigenvalue weighted by atomic mass is 9.91. The maximum Gasteiger partial charge on any atom is 0.215 e. The molecule has 0 aromatic heterocycles. The van der Waals surface area contributed by atoms with Crippen molar-refractivity contribution in [2.45, 2.75) is 44.0 Å². The van der Waals surface area contributed by atoms with Crippen LogP contribution < -0.4 is 10.6 Å². The highest BCUT2D eigenvalue weighted by molar-refractivity contribution is 6.57. The Balaban J connectivity index is 1.77. The molecule has 3 atom stereocenters. The number of nitrogens with zero attached hydrogens (tertiary/aromatic N) is 1. The molecule has 0 unspecified atom stereocenters. The summed E-state index contributed by atoms with van der Waals surface area (Å²) in [7, 11) is 1.48. The summed E-state index contributed by atoms with van der Waals surface area (Å²) in [5.41, 5.74) is 3.84. The van der Waals surface area contributed by atoms with Crippen molar-refractivity contribution < 1.29 is 9.90 Å². The van der Waals surface area contributed by atoms with Crippen LogP contribution in [0, 0.1) is 11.3 Å². The monoisotopic (exact) mass is 439 g/mol. The summed E-state index contributed by atoms with van der Waals surface area (Å²) in [4.78, 5) is 11.9. The predicted octanol–water partition coefficient (Wildman–Crippen LogP) is 2.96. The number of hydrogen-bond acceptors (Lipinski definition) is 4. The number of aryl methyl sites for hydroxylation is 1. The third kappa shape index (κ3) is 7.91. The molecule has 3 rings (SSSR count). The highest BCUT2D eigenvalue weighted by atomic mass is 16.3. The quantitative estimate of drug-likeness (QED) is 0.401. The molecule has 6 heteroatoms. The van der Waals surface area contributed by atoms with Gasteiger partial charge in [-0.15, -0.1) is 0 Å². The Hall–Kier alpha value is -3.40. The maximum absolute atomic E-state index is 11.9. The number of amides is 1. The van der Waals surface area contributed by atoms with Gasteiger partial charge in [-0.1, -0.05) is 72.8 Å². The highest BCUT2D eigenvalue weighted by Crippen LogP contribution is 2.15. The fourth-order valence-electron chi connectivity index (χ4n) is 4.03. The largest absolute Gasteiger partial charge is 0.389 e. The highest BCUT2D eigenvalue weighted by Gasteiger charge is 2.28. The molecule has 3 aromatic carbocycles. The summed E-state index contributed by atoms with van der Waals surface area (Å²) in [6, 6.07) is 29.0. The van der Waals surface area contributed by atoms with Crippen molar-refractivity contribution in [3.8, 4) is 6.07 Å². The first kappa shape index (κ1) is 24.3. The molecule has 0 bridgehead atoms. The van der Waals surface area contributed by atoms with Gasteiger partial charge in [0.2, 0.25) is 7.85 Å². The molecular weight excluding hydrogens is 409 g/mol. The molecular formula is C27H30BN3O2. The van der Waals surface area contributed by atoms with Gasteiger partial charge < -0.3 is 15.7 Å². The number of nitrogens with one attached hydrogen (secondary N) is 2. The lowest BCUT2D eigenvalue weighted by Gasteiger charge is -2.32. The van der Waals surface area contributed by atoms with Crippen LogP contribution in [0.1, 0.15) is 28.7 Å². The molecule has 0 spiro atoms. The molecule has 0 saturated heterocycles. The second-order valence-electron chi connectivity index (χ2n) is 8.31. The lowest BCUT2D eigenvalue weighted by Crippen LogP contribution is -2.53. The third-order valence-corrected chi connectivity index (χ3v) is 5.72. The smallest absolute Gasteiger partial charge is 0.215 e. The SMILES string of the molecule is BC(=O)N[C@H](Cc1ccccc1)[C@H](O)[C@@H](CCc1ccccc1)NCc1cccc(C#N)c1. The van der Waals surface area contributed by atoms with E-state index in [1.54, 1.807) is 6.07 Å². The molecule has 0 radical (unpaired) electrons. The third-order valence-electron chi connectivity index (χ3n) is 5.72. The van der Waals surface area contributed by atoms with E-state index in [2.05, 4.69) is 28.8 Å². The Bertz CT molecular complexity index is 1050. The van der Waals surface area contributed by atoms with Crippen LogP contribution in [0.3, 0.4) is 0 Å². The summed E-state index contributed by atoms with van der Waals surface area (Å²) in [5, 5.41) is 27.0. The Labute approximate surface area is 196 Å². The summed E-state index contributed by atoms with van der Waals surface area (Å²) in [6.07, 6.45) is 1.24. The van der Waals surface area contributed by atoms with Crippen LogP contribution in [0.5, 0.6) is 0 Å². The van der Waals surface area contributed by atoms with Gasteiger partial charge in [0.25, 0.3) is 0 Å². The van der Waals surface area contributed by atoms with Crippen LogP contribution in [0.4, 0.5) is 4.79 Å². The molecule has 33 heavy (non-hydrogen) atoms. The van der Waals surface area contributed by atoms with E-state index in [-0.39, 0.29) is 11.8 Å². The number of rotatable bonds is 11. The van der Waals surface area contributed by atoms with Crippen molar-refractivity contribution in [2.24, 2.45) is 0 Å². The first-order valence-electron chi connectivity index (χ1n) is 11.3. The first-order chi connectivity index (χ1) is 16.0. The molecule has 168 valence electrons. The number of aliphatic hydroxyl groups excluding tert-OH is 1. The maximum atomic E-state index is 11.9. The summed E-state index contributed by atoms with van der Waals surface area (Å²) in [6.45, 7) is 0.518. The second kappa shape index (κ2) is 12.6. The van der Waals surface area contributed by atoms with Crippen molar-refractivity contribution in [2.75, 3.05) is 0 Å². The number of carbonyl (C=O) groups excluding carboxylic acids is 1. The molecule has 3 N–H and O–H groups in total.